The normalized spacial score (nSPS) is 20.7. The standard InChI is InChI=1S/C19H23NO/c1-3-21-19-9-5-8-17(13-19)20-18-11-16(12-18)15-7-4-6-14(2)10-15/h4-10,13,16,18,20H,3,11-12H2,1-2H3. The lowest BCUT2D eigenvalue weighted by Gasteiger charge is -2.37. The molecular formula is C19H23NO. The second-order valence-corrected chi connectivity index (χ2v) is 5.88. The van der Waals surface area contributed by atoms with E-state index in [-0.39, 0.29) is 0 Å². The van der Waals surface area contributed by atoms with Crippen LogP contribution >= 0.6 is 0 Å². The lowest BCUT2D eigenvalue weighted by atomic mass is 9.75. The van der Waals surface area contributed by atoms with Gasteiger partial charge in [0.25, 0.3) is 0 Å². The number of anilines is 1. The second-order valence-electron chi connectivity index (χ2n) is 5.88. The molecule has 0 saturated heterocycles. The molecule has 1 aliphatic rings. The van der Waals surface area contributed by atoms with Crippen molar-refractivity contribution < 1.29 is 4.74 Å². The maximum absolute atomic E-state index is 5.54. The van der Waals surface area contributed by atoms with Gasteiger partial charge in [0.2, 0.25) is 0 Å². The van der Waals surface area contributed by atoms with Gasteiger partial charge in [-0.1, -0.05) is 35.9 Å². The zero-order valence-electron chi connectivity index (χ0n) is 12.8. The van der Waals surface area contributed by atoms with Gasteiger partial charge in [0.05, 0.1) is 6.61 Å². The maximum atomic E-state index is 5.54. The van der Waals surface area contributed by atoms with Gasteiger partial charge in [-0.2, -0.15) is 0 Å². The monoisotopic (exact) mass is 281 g/mol. The number of ether oxygens (including phenoxy) is 1. The minimum absolute atomic E-state index is 0.576. The van der Waals surface area contributed by atoms with Gasteiger partial charge in [0, 0.05) is 17.8 Å². The zero-order valence-corrected chi connectivity index (χ0v) is 12.8. The van der Waals surface area contributed by atoms with E-state index in [1.807, 2.05) is 19.1 Å². The van der Waals surface area contributed by atoms with Gasteiger partial charge in [-0.15, -0.1) is 0 Å². The number of aryl methyl sites for hydroxylation is 1. The van der Waals surface area contributed by atoms with E-state index in [1.54, 1.807) is 0 Å². The summed E-state index contributed by atoms with van der Waals surface area (Å²) in [7, 11) is 0. The van der Waals surface area contributed by atoms with Gasteiger partial charge in [-0.25, -0.2) is 0 Å². The highest BCUT2D eigenvalue weighted by molar-refractivity contribution is 5.49. The summed E-state index contributed by atoms with van der Waals surface area (Å²) in [4.78, 5) is 0. The molecule has 110 valence electrons. The second kappa shape index (κ2) is 6.21. The lowest BCUT2D eigenvalue weighted by Crippen LogP contribution is -2.34. The molecule has 2 nitrogen and oxygen atoms in total. The van der Waals surface area contributed by atoms with E-state index in [1.165, 1.54) is 24.0 Å². The smallest absolute Gasteiger partial charge is 0.121 e. The van der Waals surface area contributed by atoms with Gasteiger partial charge in [-0.05, 0) is 50.3 Å². The SMILES string of the molecule is CCOc1cccc(NC2CC(c3cccc(C)c3)C2)c1. The fraction of sp³-hybridized carbons (Fsp3) is 0.368. The fourth-order valence-corrected chi connectivity index (χ4v) is 3.01. The summed E-state index contributed by atoms with van der Waals surface area (Å²) in [5.74, 6) is 1.65. The summed E-state index contributed by atoms with van der Waals surface area (Å²) in [6.07, 6.45) is 2.42. The van der Waals surface area contributed by atoms with Crippen LogP contribution in [0.3, 0.4) is 0 Å². The predicted molar refractivity (Wildman–Crippen MR) is 88.2 cm³/mol. The van der Waals surface area contributed by atoms with Crippen molar-refractivity contribution in [3.8, 4) is 5.75 Å². The number of hydrogen-bond donors (Lipinski definition) is 1. The molecule has 0 spiro atoms. The largest absolute Gasteiger partial charge is 0.494 e. The topological polar surface area (TPSA) is 21.3 Å². The van der Waals surface area contributed by atoms with Crippen molar-refractivity contribution in [1.82, 2.24) is 0 Å². The Morgan fingerprint density at radius 3 is 2.67 bits per heavy atom. The first-order valence-electron chi connectivity index (χ1n) is 7.80. The minimum atomic E-state index is 0.576. The molecule has 2 aromatic rings. The van der Waals surface area contributed by atoms with E-state index in [9.17, 15) is 0 Å². The van der Waals surface area contributed by atoms with Crippen LogP contribution in [0.15, 0.2) is 48.5 Å². The van der Waals surface area contributed by atoms with E-state index in [4.69, 9.17) is 4.74 Å². The average Bonchev–Trinajstić information content (AvgIpc) is 2.43. The molecule has 0 bridgehead atoms. The maximum Gasteiger partial charge on any atom is 0.121 e. The molecule has 0 heterocycles. The molecule has 0 atom stereocenters. The molecule has 1 fully saturated rings. The van der Waals surface area contributed by atoms with E-state index < -0.39 is 0 Å². The fourth-order valence-electron chi connectivity index (χ4n) is 3.01. The molecule has 0 unspecified atom stereocenters. The quantitative estimate of drug-likeness (QED) is 0.853. The van der Waals surface area contributed by atoms with Crippen molar-refractivity contribution >= 4 is 5.69 Å². The van der Waals surface area contributed by atoms with Crippen molar-refractivity contribution in [3.05, 3.63) is 59.7 Å². The highest BCUT2D eigenvalue weighted by atomic mass is 16.5. The van der Waals surface area contributed by atoms with Gasteiger partial charge >= 0.3 is 0 Å². The highest BCUT2D eigenvalue weighted by Gasteiger charge is 2.30. The Balaban J connectivity index is 1.56. The number of nitrogens with one attached hydrogen (secondary N) is 1. The minimum Gasteiger partial charge on any atom is -0.494 e. The van der Waals surface area contributed by atoms with Crippen LogP contribution in [0.4, 0.5) is 5.69 Å². The Kier molecular flexibility index (Phi) is 4.14. The Labute approximate surface area is 127 Å². The first-order valence-corrected chi connectivity index (χ1v) is 7.80. The van der Waals surface area contributed by atoms with Gasteiger partial charge in [0.15, 0.2) is 0 Å². The van der Waals surface area contributed by atoms with Crippen LogP contribution in [0.5, 0.6) is 5.75 Å². The van der Waals surface area contributed by atoms with Crippen molar-refractivity contribution in [2.75, 3.05) is 11.9 Å². The molecule has 0 amide bonds. The zero-order chi connectivity index (χ0) is 14.7. The van der Waals surface area contributed by atoms with E-state index in [0.717, 1.165) is 11.4 Å². The summed E-state index contributed by atoms with van der Waals surface area (Å²) in [5.41, 5.74) is 4.00. The van der Waals surface area contributed by atoms with Crippen LogP contribution in [0, 0.1) is 6.92 Å². The molecule has 3 rings (SSSR count). The predicted octanol–water partition coefficient (Wildman–Crippen LogP) is 4.75. The Morgan fingerprint density at radius 1 is 1.10 bits per heavy atom. The molecule has 21 heavy (non-hydrogen) atoms. The molecule has 2 heteroatoms. The number of rotatable bonds is 5. The summed E-state index contributed by atoms with van der Waals surface area (Å²) >= 11 is 0. The van der Waals surface area contributed by atoms with Crippen molar-refractivity contribution in [2.24, 2.45) is 0 Å². The molecule has 1 N–H and O–H groups in total. The van der Waals surface area contributed by atoms with Crippen LogP contribution in [0.1, 0.15) is 36.8 Å². The Morgan fingerprint density at radius 2 is 1.90 bits per heavy atom. The third-order valence-corrected chi connectivity index (χ3v) is 4.17. The van der Waals surface area contributed by atoms with Gasteiger partial charge in [0.1, 0.15) is 5.75 Å². The van der Waals surface area contributed by atoms with Crippen LogP contribution in [-0.2, 0) is 0 Å². The summed E-state index contributed by atoms with van der Waals surface area (Å²) < 4.78 is 5.54. The van der Waals surface area contributed by atoms with Crippen molar-refractivity contribution in [2.45, 2.75) is 38.6 Å². The van der Waals surface area contributed by atoms with Crippen LogP contribution in [0.25, 0.3) is 0 Å². The van der Waals surface area contributed by atoms with Crippen molar-refractivity contribution in [3.63, 3.8) is 0 Å². The highest BCUT2D eigenvalue weighted by Crippen LogP contribution is 2.38. The van der Waals surface area contributed by atoms with Crippen molar-refractivity contribution in [1.29, 1.82) is 0 Å². The van der Waals surface area contributed by atoms with Crippen LogP contribution < -0.4 is 10.1 Å². The average molecular weight is 281 g/mol. The summed E-state index contributed by atoms with van der Waals surface area (Å²) in [6.45, 7) is 4.89. The van der Waals surface area contributed by atoms with Crippen LogP contribution in [-0.4, -0.2) is 12.6 Å². The lowest BCUT2D eigenvalue weighted by molar-refractivity contribution is 0.340. The summed E-state index contributed by atoms with van der Waals surface area (Å²) in [5, 5.41) is 3.61. The van der Waals surface area contributed by atoms with Gasteiger partial charge in [-0.3, -0.25) is 0 Å². The Bertz CT molecular complexity index is 602. The van der Waals surface area contributed by atoms with Gasteiger partial charge < -0.3 is 10.1 Å². The van der Waals surface area contributed by atoms with E-state index in [2.05, 4.69) is 48.6 Å². The molecule has 0 aliphatic heterocycles. The summed E-state index contributed by atoms with van der Waals surface area (Å²) in [6, 6.07) is 17.7. The molecule has 1 aliphatic carbocycles. The number of benzene rings is 2. The van der Waals surface area contributed by atoms with Crippen LogP contribution in [0.2, 0.25) is 0 Å². The van der Waals surface area contributed by atoms with E-state index >= 15 is 0 Å². The first kappa shape index (κ1) is 14.0. The Hall–Kier alpha value is -1.96. The molecular weight excluding hydrogens is 258 g/mol. The molecule has 0 aromatic heterocycles. The van der Waals surface area contributed by atoms with E-state index in [0.29, 0.717) is 18.6 Å². The third-order valence-electron chi connectivity index (χ3n) is 4.17. The molecule has 1 saturated carbocycles. The first-order chi connectivity index (χ1) is 10.2. The molecule has 2 aromatic carbocycles. The molecule has 0 radical (unpaired) electrons. The third kappa shape index (κ3) is 3.38. The number of hydrogen-bond acceptors (Lipinski definition) is 2.